The molecule has 37 heavy (non-hydrogen) atoms. The summed E-state index contributed by atoms with van der Waals surface area (Å²) in [5.74, 6) is -0.110. The van der Waals surface area contributed by atoms with E-state index in [0.717, 1.165) is 36.6 Å². The van der Waals surface area contributed by atoms with Crippen molar-refractivity contribution < 1.29 is 18.3 Å². The molecule has 1 unspecified atom stereocenters. The van der Waals surface area contributed by atoms with Crippen LogP contribution in [0, 0.1) is 0 Å². The van der Waals surface area contributed by atoms with Crippen LogP contribution in [0.1, 0.15) is 56.1 Å². The molecular weight excluding hydrogens is 492 g/mol. The van der Waals surface area contributed by atoms with Crippen molar-refractivity contribution in [2.75, 3.05) is 45.5 Å². The summed E-state index contributed by atoms with van der Waals surface area (Å²) in [5, 5.41) is 19.7. The van der Waals surface area contributed by atoms with Crippen LogP contribution in [0.2, 0.25) is 0 Å². The van der Waals surface area contributed by atoms with Gasteiger partial charge in [-0.2, -0.15) is 9.40 Å². The van der Waals surface area contributed by atoms with Gasteiger partial charge in [-0.3, -0.25) is 19.3 Å². The van der Waals surface area contributed by atoms with E-state index in [9.17, 15) is 18.3 Å². The Morgan fingerprint density at radius 2 is 1.73 bits per heavy atom. The predicted octanol–water partition coefficient (Wildman–Crippen LogP) is 1.28. The fourth-order valence-corrected chi connectivity index (χ4v) is 7.26. The molecule has 0 spiro atoms. The second kappa shape index (κ2) is 10.6. The molecule has 10 nitrogen and oxygen atoms in total. The first kappa shape index (κ1) is 26.6. The van der Waals surface area contributed by atoms with E-state index < -0.39 is 16.1 Å². The van der Waals surface area contributed by atoms with E-state index in [0.29, 0.717) is 57.0 Å². The Morgan fingerprint density at radius 3 is 2.35 bits per heavy atom. The number of aliphatic hydroxyl groups is 1. The smallest absolute Gasteiger partial charge is 0.272 e. The second-order valence-corrected chi connectivity index (χ2v) is 13.2. The van der Waals surface area contributed by atoms with Crippen LogP contribution in [-0.4, -0.2) is 113 Å². The van der Waals surface area contributed by atoms with Crippen LogP contribution in [0.3, 0.4) is 0 Å². The minimum atomic E-state index is -3.15. The lowest BCUT2D eigenvalue weighted by Crippen LogP contribution is -2.54. The lowest BCUT2D eigenvalue weighted by molar-refractivity contribution is 0.0276. The maximum absolute atomic E-state index is 13.3. The van der Waals surface area contributed by atoms with Crippen molar-refractivity contribution in [1.29, 1.82) is 0 Å². The van der Waals surface area contributed by atoms with Crippen molar-refractivity contribution in [3.8, 4) is 0 Å². The van der Waals surface area contributed by atoms with Gasteiger partial charge in [-0.1, -0.05) is 18.2 Å². The van der Waals surface area contributed by atoms with Gasteiger partial charge in [-0.25, -0.2) is 8.42 Å². The van der Waals surface area contributed by atoms with E-state index in [1.165, 1.54) is 10.6 Å². The summed E-state index contributed by atoms with van der Waals surface area (Å²) < 4.78 is 26.9. The van der Waals surface area contributed by atoms with Gasteiger partial charge in [0.05, 0.1) is 17.9 Å². The first-order chi connectivity index (χ1) is 17.6. The number of benzene rings is 1. The zero-order valence-corrected chi connectivity index (χ0v) is 22.9. The van der Waals surface area contributed by atoms with Crippen LogP contribution in [0.25, 0.3) is 10.9 Å². The molecule has 0 radical (unpaired) electrons. The molecule has 4 atom stereocenters. The number of carbonyl (C=O) groups excluding carboxylic acids is 1. The van der Waals surface area contributed by atoms with Gasteiger partial charge in [0.2, 0.25) is 10.0 Å². The molecular formula is C26H40N6O4S. The molecule has 1 amide bonds. The van der Waals surface area contributed by atoms with Gasteiger partial charge in [-0.15, -0.1) is 0 Å². The molecule has 3 saturated heterocycles. The number of hydrogen-bond acceptors (Lipinski definition) is 7. The van der Waals surface area contributed by atoms with E-state index >= 15 is 0 Å². The molecule has 11 heteroatoms. The van der Waals surface area contributed by atoms with Crippen molar-refractivity contribution in [3.05, 3.63) is 30.0 Å². The van der Waals surface area contributed by atoms with Crippen molar-refractivity contribution in [2.45, 2.75) is 69.8 Å². The largest absolute Gasteiger partial charge is 0.390 e. The fraction of sp³-hybridized carbons (Fsp3) is 0.692. The van der Waals surface area contributed by atoms with E-state index in [1.54, 1.807) is 0 Å². The number of β-amino-alcohol motifs (C(OH)–C–C–N with tert-alkyl or cyclic N) is 1. The van der Waals surface area contributed by atoms with Gasteiger partial charge in [0.1, 0.15) is 0 Å². The highest BCUT2D eigenvalue weighted by atomic mass is 32.2. The Hall–Kier alpha value is -2.05. The SMILES string of the molecule is CC(C)n1nc(C(=O)NC2C[C@H]3CC[C@@H](C2)N3C[C@@H](O)CN2CCN(S(C)(=O)=O)CC2)c2ccccc21. The Balaban J connectivity index is 1.15. The van der Waals surface area contributed by atoms with Crippen LogP contribution in [-0.2, 0) is 10.0 Å². The highest BCUT2D eigenvalue weighted by Crippen LogP contribution is 2.36. The minimum Gasteiger partial charge on any atom is -0.390 e. The van der Waals surface area contributed by atoms with Gasteiger partial charge in [-0.05, 0) is 45.6 Å². The lowest BCUT2D eigenvalue weighted by Gasteiger charge is -2.41. The number of rotatable bonds is 8. The lowest BCUT2D eigenvalue weighted by atomic mass is 9.96. The molecule has 2 aromatic rings. The van der Waals surface area contributed by atoms with Crippen molar-refractivity contribution in [2.24, 2.45) is 0 Å². The third-order valence-electron chi connectivity index (χ3n) is 8.23. The van der Waals surface area contributed by atoms with E-state index in [-0.39, 0.29) is 18.0 Å². The average Bonchev–Trinajstić information content (AvgIpc) is 3.33. The molecule has 204 valence electrons. The number of aromatic nitrogens is 2. The molecule has 2 N–H and O–H groups in total. The predicted molar refractivity (Wildman–Crippen MR) is 143 cm³/mol. The Morgan fingerprint density at radius 1 is 1.08 bits per heavy atom. The Labute approximate surface area is 219 Å². The zero-order valence-electron chi connectivity index (χ0n) is 22.1. The number of para-hydroxylation sites is 1. The maximum Gasteiger partial charge on any atom is 0.272 e. The van der Waals surface area contributed by atoms with E-state index in [4.69, 9.17) is 0 Å². The van der Waals surface area contributed by atoms with Gasteiger partial charge < -0.3 is 10.4 Å². The maximum atomic E-state index is 13.3. The standard InChI is InChI=1S/C26H40N6O4S/c1-18(2)32-24-7-5-4-6-23(24)25(28-32)26(34)27-19-14-20-8-9-21(15-19)31(20)17-22(33)16-29-10-12-30(13-11-29)37(3,35)36/h4-7,18-22,33H,8-17H2,1-3H3,(H,27,34)/t19?,20-,21+,22-/m0/s1. The number of sulfonamides is 1. The summed E-state index contributed by atoms with van der Waals surface area (Å²) in [6.45, 7) is 7.56. The normalized spacial score (nSPS) is 26.7. The zero-order chi connectivity index (χ0) is 26.3. The first-order valence-corrected chi connectivity index (χ1v) is 15.3. The van der Waals surface area contributed by atoms with Gasteiger partial charge in [0.15, 0.2) is 5.69 Å². The molecule has 3 aliphatic rings. The van der Waals surface area contributed by atoms with Crippen LogP contribution in [0.4, 0.5) is 0 Å². The molecule has 3 fully saturated rings. The average molecular weight is 533 g/mol. The molecule has 0 saturated carbocycles. The molecule has 1 aromatic carbocycles. The number of nitrogens with one attached hydrogen (secondary N) is 1. The highest BCUT2D eigenvalue weighted by molar-refractivity contribution is 7.88. The fourth-order valence-electron chi connectivity index (χ4n) is 6.44. The summed E-state index contributed by atoms with van der Waals surface area (Å²) in [7, 11) is -3.15. The summed E-state index contributed by atoms with van der Waals surface area (Å²) in [6, 6.07) is 8.87. The monoisotopic (exact) mass is 532 g/mol. The molecule has 0 aliphatic carbocycles. The number of aliphatic hydroxyl groups excluding tert-OH is 1. The van der Waals surface area contributed by atoms with E-state index in [2.05, 4.69) is 34.1 Å². The molecule has 3 aliphatic heterocycles. The summed E-state index contributed by atoms with van der Waals surface area (Å²) in [6.07, 6.45) is 4.70. The number of fused-ring (bicyclic) bond motifs is 3. The topological polar surface area (TPSA) is 111 Å². The first-order valence-electron chi connectivity index (χ1n) is 13.5. The van der Waals surface area contributed by atoms with Crippen LogP contribution in [0.15, 0.2) is 24.3 Å². The van der Waals surface area contributed by atoms with Crippen LogP contribution in [0.5, 0.6) is 0 Å². The van der Waals surface area contributed by atoms with Gasteiger partial charge in [0, 0.05) is 68.8 Å². The molecule has 4 heterocycles. The van der Waals surface area contributed by atoms with Gasteiger partial charge in [0.25, 0.3) is 5.91 Å². The number of amides is 1. The molecule has 2 bridgehead atoms. The van der Waals surface area contributed by atoms with Crippen molar-refractivity contribution in [1.82, 2.24) is 29.2 Å². The van der Waals surface area contributed by atoms with E-state index in [1.807, 2.05) is 28.9 Å². The molecule has 5 rings (SSSR count). The third kappa shape index (κ3) is 5.70. The summed E-state index contributed by atoms with van der Waals surface area (Å²) >= 11 is 0. The van der Waals surface area contributed by atoms with Crippen molar-refractivity contribution in [3.63, 3.8) is 0 Å². The minimum absolute atomic E-state index is 0.102. The third-order valence-corrected chi connectivity index (χ3v) is 9.53. The quantitative estimate of drug-likeness (QED) is 0.527. The van der Waals surface area contributed by atoms with Crippen molar-refractivity contribution >= 4 is 26.8 Å². The Bertz CT molecular complexity index is 1210. The van der Waals surface area contributed by atoms with Crippen LogP contribution >= 0.6 is 0 Å². The van der Waals surface area contributed by atoms with Crippen LogP contribution < -0.4 is 5.32 Å². The number of carbonyl (C=O) groups is 1. The van der Waals surface area contributed by atoms with Gasteiger partial charge >= 0.3 is 0 Å². The molecule has 1 aromatic heterocycles. The summed E-state index contributed by atoms with van der Waals surface area (Å²) in [5.41, 5.74) is 1.47. The number of piperidine rings is 1. The summed E-state index contributed by atoms with van der Waals surface area (Å²) in [4.78, 5) is 17.9. The highest BCUT2D eigenvalue weighted by Gasteiger charge is 2.42. The number of hydrogen-bond donors (Lipinski definition) is 2. The Kier molecular flexibility index (Phi) is 7.61. The second-order valence-electron chi connectivity index (χ2n) is 11.2. The number of nitrogens with zero attached hydrogens (tertiary/aromatic N) is 5. The number of piperazine rings is 1.